The van der Waals surface area contributed by atoms with E-state index in [0.717, 1.165) is 25.0 Å². The lowest BCUT2D eigenvalue weighted by molar-refractivity contribution is 0.403. The summed E-state index contributed by atoms with van der Waals surface area (Å²) >= 11 is 0. The Morgan fingerprint density at radius 2 is 2.11 bits per heavy atom. The summed E-state index contributed by atoms with van der Waals surface area (Å²) in [5.74, 6) is -1.68. The van der Waals surface area contributed by atoms with Crippen LogP contribution in [0.25, 0.3) is 0 Å². The Kier molecular flexibility index (Phi) is 2.77. The Bertz CT molecular complexity index is 681. The summed E-state index contributed by atoms with van der Waals surface area (Å²) in [6.07, 6.45) is 1.92. The van der Waals surface area contributed by atoms with Gasteiger partial charge in [0.15, 0.2) is 11.6 Å². The summed E-state index contributed by atoms with van der Waals surface area (Å²) in [6, 6.07) is 4.69. The molecule has 6 heteroatoms. The molecule has 0 atom stereocenters. The van der Waals surface area contributed by atoms with E-state index in [1.54, 1.807) is 0 Å². The van der Waals surface area contributed by atoms with E-state index in [0.29, 0.717) is 5.82 Å². The summed E-state index contributed by atoms with van der Waals surface area (Å²) in [7, 11) is 0. The maximum Gasteiger partial charge on any atom is 0.254 e. The summed E-state index contributed by atoms with van der Waals surface area (Å²) in [5.41, 5.74) is -0.372. The van der Waals surface area contributed by atoms with Gasteiger partial charge in [-0.2, -0.15) is 9.37 Å². The number of benzene rings is 1. The lowest BCUT2D eigenvalue weighted by Crippen LogP contribution is -2.10. The van der Waals surface area contributed by atoms with Crippen molar-refractivity contribution in [3.05, 3.63) is 52.1 Å². The first-order valence-corrected chi connectivity index (χ1v) is 5.86. The molecule has 1 aliphatic carbocycles. The smallest absolute Gasteiger partial charge is 0.254 e. The highest BCUT2D eigenvalue weighted by molar-refractivity contribution is 5.29. The van der Waals surface area contributed by atoms with Crippen molar-refractivity contribution in [1.82, 2.24) is 9.97 Å². The number of hydrogen-bond acceptors (Lipinski definition) is 3. The fourth-order valence-electron chi connectivity index (χ4n) is 1.73. The van der Waals surface area contributed by atoms with Gasteiger partial charge in [-0.1, -0.05) is 6.07 Å². The number of hydrogen-bond donors (Lipinski definition) is 1. The molecule has 1 aromatic carbocycles. The molecule has 98 valence electrons. The first-order chi connectivity index (χ1) is 9.13. The molecule has 0 spiro atoms. The highest BCUT2D eigenvalue weighted by Gasteiger charge is 2.26. The van der Waals surface area contributed by atoms with E-state index in [4.69, 9.17) is 4.74 Å². The monoisotopic (exact) mass is 264 g/mol. The van der Waals surface area contributed by atoms with Crippen LogP contribution in [0.5, 0.6) is 11.6 Å². The van der Waals surface area contributed by atoms with Crippen molar-refractivity contribution in [2.75, 3.05) is 0 Å². The second-order valence-electron chi connectivity index (χ2n) is 4.40. The molecular weight excluding hydrogens is 254 g/mol. The molecular formula is C13H10F2N2O2. The minimum absolute atomic E-state index is 0.0323. The molecule has 1 heterocycles. The van der Waals surface area contributed by atoms with Crippen LogP contribution in [0.4, 0.5) is 8.78 Å². The Labute approximate surface area is 107 Å². The molecule has 1 saturated carbocycles. The van der Waals surface area contributed by atoms with Gasteiger partial charge >= 0.3 is 0 Å². The topological polar surface area (TPSA) is 55.0 Å². The van der Waals surface area contributed by atoms with Gasteiger partial charge in [0.05, 0.1) is 6.07 Å². The van der Waals surface area contributed by atoms with E-state index in [1.165, 1.54) is 12.1 Å². The number of nitrogens with zero attached hydrogens (tertiary/aromatic N) is 1. The average molecular weight is 264 g/mol. The molecule has 0 aliphatic heterocycles. The number of rotatable bonds is 3. The van der Waals surface area contributed by atoms with Crippen molar-refractivity contribution in [2.24, 2.45) is 0 Å². The van der Waals surface area contributed by atoms with Gasteiger partial charge in [-0.3, -0.25) is 4.79 Å². The fourth-order valence-corrected chi connectivity index (χ4v) is 1.73. The van der Waals surface area contributed by atoms with Gasteiger partial charge in [0.2, 0.25) is 11.7 Å². The van der Waals surface area contributed by atoms with Crippen molar-refractivity contribution in [3.63, 3.8) is 0 Å². The molecule has 0 unspecified atom stereocenters. The number of H-pyrrole nitrogens is 1. The first kappa shape index (κ1) is 11.8. The SMILES string of the molecule is O=c1cc(Oc2cccc(F)c2F)nc(C2CC2)[nH]1. The first-order valence-electron chi connectivity index (χ1n) is 5.86. The van der Waals surface area contributed by atoms with Crippen LogP contribution in [0, 0.1) is 11.6 Å². The maximum absolute atomic E-state index is 13.4. The Hall–Kier alpha value is -2.24. The predicted molar refractivity (Wildman–Crippen MR) is 63.3 cm³/mol. The van der Waals surface area contributed by atoms with E-state index in [9.17, 15) is 13.6 Å². The van der Waals surface area contributed by atoms with E-state index >= 15 is 0 Å². The fraction of sp³-hybridized carbons (Fsp3) is 0.231. The zero-order valence-electron chi connectivity index (χ0n) is 9.82. The van der Waals surface area contributed by atoms with Crippen LogP contribution in [-0.4, -0.2) is 9.97 Å². The van der Waals surface area contributed by atoms with Crippen molar-refractivity contribution < 1.29 is 13.5 Å². The van der Waals surface area contributed by atoms with Crippen molar-refractivity contribution >= 4 is 0 Å². The molecule has 1 fully saturated rings. The molecule has 19 heavy (non-hydrogen) atoms. The van der Waals surface area contributed by atoms with E-state index in [-0.39, 0.29) is 23.1 Å². The lowest BCUT2D eigenvalue weighted by atomic mass is 10.3. The Balaban J connectivity index is 1.94. The van der Waals surface area contributed by atoms with Gasteiger partial charge in [-0.25, -0.2) is 4.39 Å². The van der Waals surface area contributed by atoms with Gasteiger partial charge in [-0.15, -0.1) is 0 Å². The zero-order chi connectivity index (χ0) is 13.4. The number of aromatic nitrogens is 2. The molecule has 4 nitrogen and oxygen atoms in total. The highest BCUT2D eigenvalue weighted by atomic mass is 19.2. The molecule has 0 saturated heterocycles. The number of nitrogens with one attached hydrogen (secondary N) is 1. The molecule has 0 bridgehead atoms. The van der Waals surface area contributed by atoms with Crippen LogP contribution in [0.1, 0.15) is 24.6 Å². The van der Waals surface area contributed by atoms with Gasteiger partial charge < -0.3 is 9.72 Å². The van der Waals surface area contributed by atoms with Gasteiger partial charge in [-0.05, 0) is 25.0 Å². The molecule has 1 aliphatic rings. The van der Waals surface area contributed by atoms with E-state index in [2.05, 4.69) is 9.97 Å². The van der Waals surface area contributed by atoms with Crippen molar-refractivity contribution in [1.29, 1.82) is 0 Å². The van der Waals surface area contributed by atoms with E-state index < -0.39 is 11.6 Å². The molecule has 0 amide bonds. The summed E-state index contributed by atoms with van der Waals surface area (Å²) < 4.78 is 31.6. The third-order valence-electron chi connectivity index (χ3n) is 2.83. The van der Waals surface area contributed by atoms with Crippen LogP contribution in [0.3, 0.4) is 0 Å². The summed E-state index contributed by atoms with van der Waals surface area (Å²) in [6.45, 7) is 0. The largest absolute Gasteiger partial charge is 0.436 e. The summed E-state index contributed by atoms with van der Waals surface area (Å²) in [5, 5.41) is 0. The Morgan fingerprint density at radius 1 is 1.32 bits per heavy atom. The van der Waals surface area contributed by atoms with Gasteiger partial charge in [0.25, 0.3) is 5.56 Å². The standard InChI is InChI=1S/C13H10F2N2O2/c14-8-2-1-3-9(12(8)15)19-11-6-10(18)16-13(17-11)7-4-5-7/h1-3,6-7H,4-5H2,(H,16,17,18). The third-order valence-corrected chi connectivity index (χ3v) is 2.83. The molecule has 1 aromatic heterocycles. The van der Waals surface area contributed by atoms with Crippen molar-refractivity contribution in [2.45, 2.75) is 18.8 Å². The quantitative estimate of drug-likeness (QED) is 0.927. The lowest BCUT2D eigenvalue weighted by Gasteiger charge is -2.07. The van der Waals surface area contributed by atoms with Crippen molar-refractivity contribution in [3.8, 4) is 11.6 Å². The number of aromatic amines is 1. The van der Waals surface area contributed by atoms with Crippen LogP contribution in [0.15, 0.2) is 29.1 Å². The van der Waals surface area contributed by atoms with Crippen LogP contribution >= 0.6 is 0 Å². The maximum atomic E-state index is 13.4. The normalized spacial score (nSPS) is 14.4. The second kappa shape index (κ2) is 4.46. The van der Waals surface area contributed by atoms with Crippen LogP contribution < -0.4 is 10.3 Å². The minimum atomic E-state index is -1.10. The minimum Gasteiger partial charge on any atom is -0.436 e. The second-order valence-corrected chi connectivity index (χ2v) is 4.40. The summed E-state index contributed by atoms with van der Waals surface area (Å²) in [4.78, 5) is 18.1. The number of ether oxygens (including phenoxy) is 1. The molecule has 3 rings (SSSR count). The van der Waals surface area contributed by atoms with Crippen LogP contribution in [0.2, 0.25) is 0 Å². The van der Waals surface area contributed by atoms with Gasteiger partial charge in [0.1, 0.15) is 5.82 Å². The van der Waals surface area contributed by atoms with Gasteiger partial charge in [0, 0.05) is 5.92 Å². The zero-order valence-corrected chi connectivity index (χ0v) is 9.82. The molecule has 0 radical (unpaired) electrons. The highest BCUT2D eigenvalue weighted by Crippen LogP contribution is 2.38. The third kappa shape index (κ3) is 2.47. The van der Waals surface area contributed by atoms with E-state index in [1.807, 2.05) is 0 Å². The Morgan fingerprint density at radius 3 is 2.84 bits per heavy atom. The number of halogens is 2. The predicted octanol–water partition coefficient (Wildman–Crippen LogP) is 2.72. The molecule has 2 aromatic rings. The molecule has 1 N–H and O–H groups in total. The van der Waals surface area contributed by atoms with Crippen LogP contribution in [-0.2, 0) is 0 Å². The average Bonchev–Trinajstić information content (AvgIpc) is 3.18.